The maximum Gasteiger partial charge on any atom is 0.160 e. The Morgan fingerprint density at radius 1 is 1.40 bits per heavy atom. The molecule has 1 saturated heterocycles. The minimum Gasteiger partial charge on any atom is -0.381 e. The molecule has 0 atom stereocenters. The van der Waals surface area contributed by atoms with Crippen molar-refractivity contribution in [3.05, 3.63) is 27.7 Å². The lowest BCUT2D eigenvalue weighted by atomic mass is 10.00. The average molecular weight is 340 g/mol. The number of benzene rings is 1. The molecule has 0 aromatic heterocycles. The van der Waals surface area contributed by atoms with E-state index in [0.717, 1.165) is 48.2 Å². The number of carbonyl (C=O) groups is 1. The molecule has 1 fully saturated rings. The summed E-state index contributed by atoms with van der Waals surface area (Å²) in [5.74, 6) is 0.119. The molecule has 0 N–H and O–H groups in total. The summed E-state index contributed by atoms with van der Waals surface area (Å²) < 4.78 is 6.42. The topological polar surface area (TPSA) is 29.5 Å². The molecular weight excluding hydrogens is 318 g/mol. The van der Waals surface area contributed by atoms with E-state index in [1.54, 1.807) is 6.92 Å². The lowest BCUT2D eigenvalue weighted by molar-refractivity contribution is 0.0846. The number of carbonyl (C=O) groups excluding carboxylic acids is 1. The van der Waals surface area contributed by atoms with Crippen LogP contribution in [0, 0.1) is 6.92 Å². The van der Waals surface area contributed by atoms with Crippen molar-refractivity contribution in [1.82, 2.24) is 0 Å². The van der Waals surface area contributed by atoms with Crippen LogP contribution < -0.4 is 4.90 Å². The third kappa shape index (κ3) is 3.23. The second-order valence-electron chi connectivity index (χ2n) is 5.28. The number of hydrogen-bond donors (Lipinski definition) is 0. The largest absolute Gasteiger partial charge is 0.381 e. The van der Waals surface area contributed by atoms with Gasteiger partial charge in [-0.15, -0.1) is 0 Å². The van der Waals surface area contributed by atoms with E-state index in [9.17, 15) is 4.79 Å². The Morgan fingerprint density at radius 3 is 2.60 bits per heavy atom. The Balaban J connectivity index is 2.40. The van der Waals surface area contributed by atoms with Crippen LogP contribution in [-0.2, 0) is 4.74 Å². The third-order valence-electron chi connectivity index (χ3n) is 4.01. The smallest absolute Gasteiger partial charge is 0.160 e. The predicted molar refractivity (Wildman–Crippen MR) is 85.7 cm³/mol. The van der Waals surface area contributed by atoms with Gasteiger partial charge in [-0.1, -0.05) is 15.9 Å². The molecule has 4 heteroatoms. The van der Waals surface area contributed by atoms with Gasteiger partial charge in [0.15, 0.2) is 5.78 Å². The molecule has 20 heavy (non-hydrogen) atoms. The third-order valence-corrected chi connectivity index (χ3v) is 4.46. The van der Waals surface area contributed by atoms with Gasteiger partial charge in [-0.3, -0.25) is 4.79 Å². The van der Waals surface area contributed by atoms with E-state index in [1.165, 1.54) is 5.69 Å². The van der Waals surface area contributed by atoms with Crippen LogP contribution in [0.3, 0.4) is 0 Å². The van der Waals surface area contributed by atoms with Gasteiger partial charge in [0, 0.05) is 41.5 Å². The average Bonchev–Trinajstić information content (AvgIpc) is 2.44. The Labute approximate surface area is 129 Å². The first kappa shape index (κ1) is 15.5. The molecule has 0 aliphatic carbocycles. The first-order valence-corrected chi connectivity index (χ1v) is 7.99. The van der Waals surface area contributed by atoms with E-state index in [2.05, 4.69) is 33.8 Å². The molecule has 1 heterocycles. The van der Waals surface area contributed by atoms with E-state index in [0.29, 0.717) is 6.04 Å². The van der Waals surface area contributed by atoms with Crippen LogP contribution in [0.4, 0.5) is 5.69 Å². The van der Waals surface area contributed by atoms with E-state index in [1.807, 2.05) is 13.0 Å². The highest BCUT2D eigenvalue weighted by Gasteiger charge is 2.23. The van der Waals surface area contributed by atoms with Gasteiger partial charge in [0.05, 0.1) is 0 Å². The summed E-state index contributed by atoms with van der Waals surface area (Å²) in [5.41, 5.74) is 3.05. The Bertz CT molecular complexity index is 495. The number of Topliss-reactive ketones (excluding diaryl/α,β-unsaturated/α-hetero) is 1. The van der Waals surface area contributed by atoms with E-state index < -0.39 is 0 Å². The minimum atomic E-state index is 0.119. The quantitative estimate of drug-likeness (QED) is 0.777. The van der Waals surface area contributed by atoms with Crippen LogP contribution in [0.1, 0.15) is 42.6 Å². The highest BCUT2D eigenvalue weighted by molar-refractivity contribution is 9.10. The molecule has 0 bridgehead atoms. The van der Waals surface area contributed by atoms with Crippen molar-refractivity contribution in [2.75, 3.05) is 24.7 Å². The van der Waals surface area contributed by atoms with Crippen molar-refractivity contribution in [3.63, 3.8) is 0 Å². The normalized spacial score (nSPS) is 16.2. The number of ketones is 1. The Morgan fingerprint density at radius 2 is 2.05 bits per heavy atom. The van der Waals surface area contributed by atoms with Crippen molar-refractivity contribution in [2.45, 2.75) is 39.7 Å². The fraction of sp³-hybridized carbons (Fsp3) is 0.562. The summed E-state index contributed by atoms with van der Waals surface area (Å²) in [5, 5.41) is 0. The number of rotatable bonds is 4. The van der Waals surface area contributed by atoms with Gasteiger partial charge in [-0.25, -0.2) is 0 Å². The molecule has 0 unspecified atom stereocenters. The van der Waals surface area contributed by atoms with Gasteiger partial charge in [-0.2, -0.15) is 0 Å². The maximum absolute atomic E-state index is 11.8. The van der Waals surface area contributed by atoms with Gasteiger partial charge >= 0.3 is 0 Å². The van der Waals surface area contributed by atoms with Gasteiger partial charge in [0.25, 0.3) is 0 Å². The maximum atomic E-state index is 11.8. The van der Waals surface area contributed by atoms with Crippen molar-refractivity contribution in [3.8, 4) is 0 Å². The van der Waals surface area contributed by atoms with Crippen molar-refractivity contribution in [2.24, 2.45) is 0 Å². The molecule has 0 saturated carbocycles. The Hall–Kier alpha value is -0.870. The monoisotopic (exact) mass is 339 g/mol. The molecule has 1 aliphatic heterocycles. The SMILES string of the molecule is CCN(c1cc(Br)cc(C(C)=O)c1C)C1CCOCC1. The van der Waals surface area contributed by atoms with Crippen LogP contribution in [0.15, 0.2) is 16.6 Å². The molecule has 0 spiro atoms. The molecule has 1 aromatic rings. The van der Waals surface area contributed by atoms with Crippen LogP contribution in [0.5, 0.6) is 0 Å². The summed E-state index contributed by atoms with van der Waals surface area (Å²) in [6.45, 7) is 8.44. The molecule has 1 aromatic carbocycles. The van der Waals surface area contributed by atoms with E-state index in [-0.39, 0.29) is 5.78 Å². The second-order valence-corrected chi connectivity index (χ2v) is 6.20. The number of hydrogen-bond acceptors (Lipinski definition) is 3. The zero-order chi connectivity index (χ0) is 14.7. The molecular formula is C16H22BrNO2. The first-order chi connectivity index (χ1) is 9.54. The lowest BCUT2D eigenvalue weighted by Gasteiger charge is -2.36. The fourth-order valence-corrected chi connectivity index (χ4v) is 3.40. The summed E-state index contributed by atoms with van der Waals surface area (Å²) in [6.07, 6.45) is 2.10. The molecule has 1 aliphatic rings. The molecule has 110 valence electrons. The Kier molecular flexibility index (Phi) is 5.22. The van der Waals surface area contributed by atoms with E-state index >= 15 is 0 Å². The standard InChI is InChI=1S/C16H22BrNO2/c1-4-18(14-5-7-20-8-6-14)16-10-13(17)9-15(11(16)2)12(3)19/h9-10,14H,4-8H2,1-3H3. The highest BCUT2D eigenvalue weighted by atomic mass is 79.9. The van der Waals surface area contributed by atoms with Gasteiger partial charge in [-0.05, 0) is 51.3 Å². The predicted octanol–water partition coefficient (Wildman–Crippen LogP) is 3.97. The summed E-state index contributed by atoms with van der Waals surface area (Å²) in [7, 11) is 0. The molecule has 0 amide bonds. The first-order valence-electron chi connectivity index (χ1n) is 7.20. The number of ether oxygens (including phenoxy) is 1. The zero-order valence-electron chi connectivity index (χ0n) is 12.4. The van der Waals surface area contributed by atoms with Crippen molar-refractivity contribution < 1.29 is 9.53 Å². The highest BCUT2D eigenvalue weighted by Crippen LogP contribution is 2.31. The number of anilines is 1. The zero-order valence-corrected chi connectivity index (χ0v) is 14.0. The lowest BCUT2D eigenvalue weighted by Crippen LogP contribution is -2.40. The van der Waals surface area contributed by atoms with E-state index in [4.69, 9.17) is 4.74 Å². The summed E-state index contributed by atoms with van der Waals surface area (Å²) >= 11 is 3.53. The van der Waals surface area contributed by atoms with Gasteiger partial charge in [0.2, 0.25) is 0 Å². The molecule has 0 radical (unpaired) electrons. The van der Waals surface area contributed by atoms with Crippen LogP contribution >= 0.6 is 15.9 Å². The fourth-order valence-electron chi connectivity index (χ4n) is 2.95. The van der Waals surface area contributed by atoms with Gasteiger partial charge < -0.3 is 9.64 Å². The van der Waals surface area contributed by atoms with Crippen molar-refractivity contribution in [1.29, 1.82) is 0 Å². The number of nitrogens with zero attached hydrogens (tertiary/aromatic N) is 1. The van der Waals surface area contributed by atoms with Crippen LogP contribution in [0.2, 0.25) is 0 Å². The minimum absolute atomic E-state index is 0.119. The number of halogens is 1. The van der Waals surface area contributed by atoms with Gasteiger partial charge in [0.1, 0.15) is 0 Å². The molecule has 2 rings (SSSR count). The summed E-state index contributed by atoms with van der Waals surface area (Å²) in [6, 6.07) is 4.54. The second kappa shape index (κ2) is 6.72. The van der Waals surface area contributed by atoms with Crippen LogP contribution in [0.25, 0.3) is 0 Å². The van der Waals surface area contributed by atoms with Crippen LogP contribution in [-0.4, -0.2) is 31.6 Å². The molecule has 3 nitrogen and oxygen atoms in total. The summed E-state index contributed by atoms with van der Waals surface area (Å²) in [4.78, 5) is 14.2. The van der Waals surface area contributed by atoms with Crippen molar-refractivity contribution >= 4 is 27.4 Å².